The molecule has 1 aliphatic heterocycles. The Morgan fingerprint density at radius 2 is 1.95 bits per heavy atom. The van der Waals surface area contributed by atoms with Crippen LogP contribution in [0, 0.1) is 0 Å². The summed E-state index contributed by atoms with van der Waals surface area (Å²) in [6.45, 7) is 0.697. The maximum absolute atomic E-state index is 12.6. The summed E-state index contributed by atoms with van der Waals surface area (Å²) in [5, 5.41) is 0. The minimum Gasteiger partial charge on any atom is -0.493 e. The zero-order valence-electron chi connectivity index (χ0n) is 11.4. The molecule has 1 heterocycles. The third-order valence-corrected chi connectivity index (χ3v) is 4.27. The molecule has 0 N–H and O–H groups in total. The van der Waals surface area contributed by atoms with Crippen LogP contribution in [0.25, 0.3) is 0 Å². The number of ketones is 1. The molecular formula is C17H16O2S. The Morgan fingerprint density at radius 3 is 2.70 bits per heavy atom. The Hall–Kier alpha value is -1.74. The first kappa shape index (κ1) is 13.3. The van der Waals surface area contributed by atoms with Crippen LogP contribution < -0.4 is 4.74 Å². The van der Waals surface area contributed by atoms with Crippen LogP contribution in [0.3, 0.4) is 0 Å². The van der Waals surface area contributed by atoms with Crippen LogP contribution in [0.2, 0.25) is 0 Å². The summed E-state index contributed by atoms with van der Waals surface area (Å²) in [6, 6.07) is 13.6. The molecule has 0 unspecified atom stereocenters. The molecule has 2 nitrogen and oxygen atoms in total. The number of para-hydroxylation sites is 1. The highest BCUT2D eigenvalue weighted by molar-refractivity contribution is 7.98. The fourth-order valence-electron chi connectivity index (χ4n) is 2.47. The van der Waals surface area contributed by atoms with Gasteiger partial charge >= 0.3 is 0 Å². The van der Waals surface area contributed by atoms with E-state index in [1.165, 1.54) is 0 Å². The summed E-state index contributed by atoms with van der Waals surface area (Å²) in [4.78, 5) is 13.8. The van der Waals surface area contributed by atoms with Crippen molar-refractivity contribution in [3.05, 3.63) is 59.2 Å². The third kappa shape index (κ3) is 2.46. The van der Waals surface area contributed by atoms with Crippen LogP contribution in [0.4, 0.5) is 0 Å². The van der Waals surface area contributed by atoms with Gasteiger partial charge in [-0.25, -0.2) is 0 Å². The van der Waals surface area contributed by atoms with Crippen LogP contribution >= 0.6 is 11.8 Å². The molecular weight excluding hydrogens is 268 g/mol. The normalized spacial score (nSPS) is 13.4. The standard InChI is InChI=1S/C17H16O2S/c1-20-14-9-7-12(8-10-14)16(18)15-6-2-4-13-5-3-11-19-17(13)15/h2,4,6-10H,3,5,11H2,1H3. The van der Waals surface area contributed by atoms with Crippen LogP contribution in [0.5, 0.6) is 5.75 Å². The lowest BCUT2D eigenvalue weighted by molar-refractivity contribution is 0.103. The van der Waals surface area contributed by atoms with E-state index in [1.54, 1.807) is 11.8 Å². The van der Waals surface area contributed by atoms with Crippen molar-refractivity contribution in [3.8, 4) is 5.75 Å². The van der Waals surface area contributed by atoms with Crippen molar-refractivity contribution in [1.29, 1.82) is 0 Å². The molecule has 0 aromatic heterocycles. The average Bonchev–Trinajstić information content (AvgIpc) is 2.54. The quantitative estimate of drug-likeness (QED) is 0.630. The summed E-state index contributed by atoms with van der Waals surface area (Å²) >= 11 is 1.67. The van der Waals surface area contributed by atoms with Gasteiger partial charge in [0.2, 0.25) is 0 Å². The molecule has 2 aromatic rings. The molecule has 3 rings (SSSR count). The van der Waals surface area contributed by atoms with Crippen LogP contribution in [-0.2, 0) is 6.42 Å². The molecule has 0 atom stereocenters. The molecule has 0 saturated carbocycles. The smallest absolute Gasteiger partial charge is 0.196 e. The average molecular weight is 284 g/mol. The number of hydrogen-bond acceptors (Lipinski definition) is 3. The maximum atomic E-state index is 12.6. The fraction of sp³-hybridized carbons (Fsp3) is 0.235. The Labute approximate surface area is 123 Å². The summed E-state index contributed by atoms with van der Waals surface area (Å²) in [6.07, 6.45) is 4.03. The molecule has 0 saturated heterocycles. The van der Waals surface area contributed by atoms with Gasteiger partial charge in [-0.2, -0.15) is 0 Å². The number of carbonyl (C=O) groups is 1. The van der Waals surface area contributed by atoms with E-state index in [0.717, 1.165) is 29.1 Å². The van der Waals surface area contributed by atoms with Crippen LogP contribution in [0.1, 0.15) is 27.9 Å². The second-order valence-electron chi connectivity index (χ2n) is 4.80. The predicted octanol–water partition coefficient (Wildman–Crippen LogP) is 3.96. The number of benzene rings is 2. The highest BCUT2D eigenvalue weighted by Gasteiger charge is 2.19. The molecule has 2 aromatic carbocycles. The highest BCUT2D eigenvalue weighted by atomic mass is 32.2. The molecule has 0 aliphatic carbocycles. The Balaban J connectivity index is 1.97. The lowest BCUT2D eigenvalue weighted by atomic mass is 9.97. The van der Waals surface area contributed by atoms with Gasteiger partial charge < -0.3 is 4.74 Å². The van der Waals surface area contributed by atoms with Crippen molar-refractivity contribution < 1.29 is 9.53 Å². The molecule has 0 bridgehead atoms. The number of aryl methyl sites for hydroxylation is 1. The highest BCUT2D eigenvalue weighted by Crippen LogP contribution is 2.30. The van der Waals surface area contributed by atoms with Crippen molar-refractivity contribution >= 4 is 17.5 Å². The van der Waals surface area contributed by atoms with Gasteiger partial charge in [0.05, 0.1) is 12.2 Å². The zero-order valence-corrected chi connectivity index (χ0v) is 12.2. The molecule has 20 heavy (non-hydrogen) atoms. The minimum absolute atomic E-state index is 0.0383. The molecule has 1 aliphatic rings. The molecule has 102 valence electrons. The van der Waals surface area contributed by atoms with Crippen molar-refractivity contribution in [1.82, 2.24) is 0 Å². The summed E-state index contributed by atoms with van der Waals surface area (Å²) in [7, 11) is 0. The number of fused-ring (bicyclic) bond motifs is 1. The number of ether oxygens (including phenoxy) is 1. The van der Waals surface area contributed by atoms with Gasteiger partial charge in [-0.05, 0) is 55.0 Å². The number of rotatable bonds is 3. The second-order valence-corrected chi connectivity index (χ2v) is 5.68. The van der Waals surface area contributed by atoms with E-state index in [-0.39, 0.29) is 5.78 Å². The molecule has 0 spiro atoms. The van der Waals surface area contributed by atoms with Gasteiger partial charge in [0.15, 0.2) is 5.78 Å². The molecule has 0 amide bonds. The molecule has 0 fully saturated rings. The van der Waals surface area contributed by atoms with E-state index in [0.29, 0.717) is 17.7 Å². The van der Waals surface area contributed by atoms with Gasteiger partial charge in [-0.15, -0.1) is 11.8 Å². The number of carbonyl (C=O) groups excluding carboxylic acids is 1. The van der Waals surface area contributed by atoms with E-state index in [9.17, 15) is 4.79 Å². The van der Waals surface area contributed by atoms with Crippen molar-refractivity contribution in [2.45, 2.75) is 17.7 Å². The SMILES string of the molecule is CSc1ccc(C(=O)c2cccc3c2OCCC3)cc1. The lowest BCUT2D eigenvalue weighted by Gasteiger charge is -2.19. The number of hydrogen-bond donors (Lipinski definition) is 0. The van der Waals surface area contributed by atoms with E-state index < -0.39 is 0 Å². The Kier molecular flexibility index (Phi) is 3.79. The number of thioether (sulfide) groups is 1. The van der Waals surface area contributed by atoms with Gasteiger partial charge in [0.25, 0.3) is 0 Å². The minimum atomic E-state index is 0.0383. The first-order chi connectivity index (χ1) is 9.79. The van der Waals surface area contributed by atoms with Crippen molar-refractivity contribution in [2.75, 3.05) is 12.9 Å². The van der Waals surface area contributed by atoms with Gasteiger partial charge in [0.1, 0.15) is 5.75 Å². The summed E-state index contributed by atoms with van der Waals surface area (Å²) in [5.41, 5.74) is 2.53. The fourth-order valence-corrected chi connectivity index (χ4v) is 2.87. The lowest BCUT2D eigenvalue weighted by Crippen LogP contribution is -2.13. The summed E-state index contributed by atoms with van der Waals surface area (Å²) in [5.74, 6) is 0.814. The third-order valence-electron chi connectivity index (χ3n) is 3.53. The predicted molar refractivity (Wildman–Crippen MR) is 81.9 cm³/mol. The van der Waals surface area contributed by atoms with E-state index in [1.807, 2.05) is 48.7 Å². The summed E-state index contributed by atoms with van der Waals surface area (Å²) < 4.78 is 5.72. The van der Waals surface area contributed by atoms with Crippen LogP contribution in [-0.4, -0.2) is 18.6 Å². The Morgan fingerprint density at radius 1 is 1.15 bits per heavy atom. The topological polar surface area (TPSA) is 26.3 Å². The van der Waals surface area contributed by atoms with Crippen molar-refractivity contribution in [3.63, 3.8) is 0 Å². The maximum Gasteiger partial charge on any atom is 0.196 e. The van der Waals surface area contributed by atoms with E-state index >= 15 is 0 Å². The molecule has 3 heteroatoms. The van der Waals surface area contributed by atoms with Gasteiger partial charge in [-0.1, -0.05) is 12.1 Å². The molecule has 0 radical (unpaired) electrons. The zero-order chi connectivity index (χ0) is 13.9. The van der Waals surface area contributed by atoms with Crippen molar-refractivity contribution in [2.24, 2.45) is 0 Å². The second kappa shape index (κ2) is 5.71. The van der Waals surface area contributed by atoms with Gasteiger partial charge in [0, 0.05) is 10.5 Å². The van der Waals surface area contributed by atoms with Gasteiger partial charge in [-0.3, -0.25) is 4.79 Å². The first-order valence-corrected chi connectivity index (χ1v) is 7.95. The first-order valence-electron chi connectivity index (χ1n) is 6.73. The monoisotopic (exact) mass is 284 g/mol. The van der Waals surface area contributed by atoms with E-state index in [2.05, 4.69) is 0 Å². The van der Waals surface area contributed by atoms with E-state index in [4.69, 9.17) is 4.74 Å². The van der Waals surface area contributed by atoms with Crippen LogP contribution in [0.15, 0.2) is 47.4 Å². The largest absolute Gasteiger partial charge is 0.493 e. The Bertz CT molecular complexity index is 632.